The Hall–Kier alpha value is -2.86. The van der Waals surface area contributed by atoms with E-state index in [9.17, 15) is 9.59 Å². The van der Waals surface area contributed by atoms with Gasteiger partial charge in [-0.1, -0.05) is 17.7 Å². The molecule has 0 amide bonds. The number of rotatable bonds is 4. The number of halogens is 1. The molecule has 1 N–H and O–H groups in total. The Morgan fingerprint density at radius 3 is 2.48 bits per heavy atom. The number of ketones is 1. The molecule has 25 heavy (non-hydrogen) atoms. The fourth-order valence-electron chi connectivity index (χ4n) is 2.81. The van der Waals surface area contributed by atoms with Gasteiger partial charge in [0.2, 0.25) is 5.62 Å². The summed E-state index contributed by atoms with van der Waals surface area (Å²) in [6, 6.07) is 11.7. The van der Waals surface area contributed by atoms with Crippen molar-refractivity contribution in [2.24, 2.45) is 7.05 Å². The molecule has 6 nitrogen and oxygen atoms in total. The summed E-state index contributed by atoms with van der Waals surface area (Å²) in [4.78, 5) is 24.5. The lowest BCUT2D eigenvalue weighted by Gasteiger charge is -2.05. The SMILES string of the molecule is COC(=O)c1cccc2c1n(C)c(=N)n2CC(=O)c1ccc(Cl)cc1. The summed E-state index contributed by atoms with van der Waals surface area (Å²) < 4.78 is 7.94. The molecule has 0 aliphatic heterocycles. The van der Waals surface area contributed by atoms with Crippen LogP contribution in [0.15, 0.2) is 42.5 Å². The number of hydrogen-bond acceptors (Lipinski definition) is 4. The van der Waals surface area contributed by atoms with E-state index in [1.54, 1.807) is 58.6 Å². The molecule has 0 fully saturated rings. The number of esters is 1. The van der Waals surface area contributed by atoms with Crippen LogP contribution in [0.2, 0.25) is 5.02 Å². The van der Waals surface area contributed by atoms with Gasteiger partial charge in [-0.2, -0.15) is 0 Å². The number of aryl methyl sites for hydroxylation is 1. The number of fused-ring (bicyclic) bond motifs is 1. The smallest absolute Gasteiger partial charge is 0.340 e. The van der Waals surface area contributed by atoms with Crippen LogP contribution in [0.25, 0.3) is 11.0 Å². The van der Waals surface area contributed by atoms with Crippen molar-refractivity contribution in [2.75, 3.05) is 7.11 Å². The van der Waals surface area contributed by atoms with Crippen molar-refractivity contribution >= 4 is 34.4 Å². The number of Topliss-reactive ketones (excluding diaryl/α,β-unsaturated/α-hetero) is 1. The molecule has 0 saturated heterocycles. The Balaban J connectivity index is 2.10. The molecular formula is C18H16ClN3O3. The largest absolute Gasteiger partial charge is 0.465 e. The van der Waals surface area contributed by atoms with Crippen molar-refractivity contribution in [3.63, 3.8) is 0 Å². The van der Waals surface area contributed by atoms with Gasteiger partial charge in [0.15, 0.2) is 5.78 Å². The van der Waals surface area contributed by atoms with Gasteiger partial charge < -0.3 is 13.9 Å². The van der Waals surface area contributed by atoms with Crippen molar-refractivity contribution < 1.29 is 14.3 Å². The van der Waals surface area contributed by atoms with Gasteiger partial charge in [0.05, 0.1) is 30.3 Å². The van der Waals surface area contributed by atoms with Gasteiger partial charge in [0.25, 0.3) is 0 Å². The number of benzene rings is 2. The Morgan fingerprint density at radius 2 is 1.84 bits per heavy atom. The Kier molecular flexibility index (Phi) is 4.46. The third kappa shape index (κ3) is 2.96. The molecule has 3 rings (SSSR count). The standard InChI is InChI=1S/C18H16ClN3O3/c1-21-16-13(17(24)25-2)4-3-5-14(16)22(18(21)20)10-15(23)11-6-8-12(19)9-7-11/h3-9,20H,10H2,1-2H3. The van der Waals surface area contributed by atoms with Crippen LogP contribution in [0.4, 0.5) is 0 Å². The van der Waals surface area contributed by atoms with Crippen molar-refractivity contribution in [1.29, 1.82) is 5.41 Å². The van der Waals surface area contributed by atoms with Gasteiger partial charge >= 0.3 is 5.97 Å². The first-order valence-corrected chi connectivity index (χ1v) is 7.91. The topological polar surface area (TPSA) is 77.1 Å². The normalized spacial score (nSPS) is 10.8. The molecular weight excluding hydrogens is 342 g/mol. The summed E-state index contributed by atoms with van der Waals surface area (Å²) >= 11 is 5.85. The van der Waals surface area contributed by atoms with Crippen LogP contribution in [0.1, 0.15) is 20.7 Å². The van der Waals surface area contributed by atoms with Crippen LogP contribution in [0.3, 0.4) is 0 Å². The lowest BCUT2D eigenvalue weighted by atomic mass is 10.1. The van der Waals surface area contributed by atoms with Gasteiger partial charge in [-0.15, -0.1) is 0 Å². The second-order valence-electron chi connectivity index (χ2n) is 5.56. The minimum Gasteiger partial charge on any atom is -0.465 e. The lowest BCUT2D eigenvalue weighted by molar-refractivity contribution is 0.0602. The summed E-state index contributed by atoms with van der Waals surface area (Å²) in [5.74, 6) is -0.631. The van der Waals surface area contributed by atoms with Crippen LogP contribution in [-0.4, -0.2) is 28.0 Å². The van der Waals surface area contributed by atoms with Crippen molar-refractivity contribution in [1.82, 2.24) is 9.13 Å². The number of hydrogen-bond donors (Lipinski definition) is 1. The summed E-state index contributed by atoms with van der Waals surface area (Å²) in [7, 11) is 2.99. The molecule has 1 heterocycles. The summed E-state index contributed by atoms with van der Waals surface area (Å²) in [5, 5.41) is 8.86. The van der Waals surface area contributed by atoms with Gasteiger partial charge in [-0.3, -0.25) is 10.2 Å². The number of methoxy groups -OCH3 is 1. The summed E-state index contributed by atoms with van der Waals surface area (Å²) in [6.45, 7) is -0.0115. The summed E-state index contributed by atoms with van der Waals surface area (Å²) in [5.41, 5.74) is 2.17. The van der Waals surface area contributed by atoms with E-state index in [-0.39, 0.29) is 17.9 Å². The molecule has 0 atom stereocenters. The maximum Gasteiger partial charge on any atom is 0.340 e. The van der Waals surface area contributed by atoms with E-state index in [0.29, 0.717) is 27.2 Å². The van der Waals surface area contributed by atoms with E-state index in [1.165, 1.54) is 7.11 Å². The molecule has 0 saturated carbocycles. The lowest BCUT2D eigenvalue weighted by Crippen LogP contribution is -2.26. The van der Waals surface area contributed by atoms with Crippen LogP contribution >= 0.6 is 11.6 Å². The maximum atomic E-state index is 12.6. The zero-order valence-electron chi connectivity index (χ0n) is 13.7. The Labute approximate surface area is 148 Å². The number of nitrogens with zero attached hydrogens (tertiary/aromatic N) is 2. The first-order chi connectivity index (χ1) is 11.9. The minimum absolute atomic E-state index is 0.0115. The van der Waals surface area contributed by atoms with E-state index in [0.717, 1.165) is 0 Å². The number of para-hydroxylation sites is 1. The highest BCUT2D eigenvalue weighted by Gasteiger charge is 2.18. The number of ether oxygens (including phenoxy) is 1. The number of carbonyl (C=O) groups is 2. The number of carbonyl (C=O) groups excluding carboxylic acids is 2. The average molecular weight is 358 g/mol. The molecule has 7 heteroatoms. The first kappa shape index (κ1) is 17.0. The molecule has 0 spiro atoms. The monoisotopic (exact) mass is 357 g/mol. The van der Waals surface area contributed by atoms with Crippen LogP contribution < -0.4 is 5.62 Å². The quantitative estimate of drug-likeness (QED) is 0.576. The fourth-order valence-corrected chi connectivity index (χ4v) is 2.93. The first-order valence-electron chi connectivity index (χ1n) is 7.54. The van der Waals surface area contributed by atoms with E-state index < -0.39 is 5.97 Å². The highest BCUT2D eigenvalue weighted by atomic mass is 35.5. The van der Waals surface area contributed by atoms with Crippen LogP contribution in [0, 0.1) is 5.41 Å². The fraction of sp³-hybridized carbons (Fsp3) is 0.167. The molecule has 0 unspecified atom stereocenters. The third-order valence-electron chi connectivity index (χ3n) is 4.09. The molecule has 2 aromatic carbocycles. The van der Waals surface area contributed by atoms with Gasteiger partial charge in [-0.05, 0) is 36.4 Å². The van der Waals surface area contributed by atoms with Crippen LogP contribution in [-0.2, 0) is 18.3 Å². The van der Waals surface area contributed by atoms with Gasteiger partial charge in [-0.25, -0.2) is 4.79 Å². The molecule has 0 aliphatic carbocycles. The Morgan fingerprint density at radius 1 is 1.16 bits per heavy atom. The second kappa shape index (κ2) is 6.57. The van der Waals surface area contributed by atoms with E-state index in [2.05, 4.69) is 0 Å². The zero-order valence-corrected chi connectivity index (χ0v) is 14.5. The highest BCUT2D eigenvalue weighted by Crippen LogP contribution is 2.19. The molecule has 3 aromatic rings. The second-order valence-corrected chi connectivity index (χ2v) is 6.00. The van der Waals surface area contributed by atoms with Crippen molar-refractivity contribution in [3.8, 4) is 0 Å². The number of nitrogens with one attached hydrogen (secondary N) is 1. The minimum atomic E-state index is -0.484. The predicted molar refractivity (Wildman–Crippen MR) is 93.9 cm³/mol. The van der Waals surface area contributed by atoms with E-state index in [1.807, 2.05) is 0 Å². The van der Waals surface area contributed by atoms with Crippen molar-refractivity contribution in [3.05, 3.63) is 64.2 Å². The number of imidazole rings is 1. The van der Waals surface area contributed by atoms with Crippen molar-refractivity contribution in [2.45, 2.75) is 6.54 Å². The van der Waals surface area contributed by atoms with Gasteiger partial charge in [0.1, 0.15) is 0 Å². The molecule has 0 aliphatic rings. The highest BCUT2D eigenvalue weighted by molar-refractivity contribution is 6.30. The third-order valence-corrected chi connectivity index (χ3v) is 4.34. The molecule has 128 valence electrons. The zero-order chi connectivity index (χ0) is 18.1. The number of aromatic nitrogens is 2. The van der Waals surface area contributed by atoms with E-state index in [4.69, 9.17) is 21.7 Å². The van der Waals surface area contributed by atoms with Crippen LogP contribution in [0.5, 0.6) is 0 Å². The molecule has 1 aromatic heterocycles. The molecule has 0 radical (unpaired) electrons. The summed E-state index contributed by atoms with van der Waals surface area (Å²) in [6.07, 6.45) is 0. The predicted octanol–water partition coefficient (Wildman–Crippen LogP) is 2.78. The molecule has 0 bridgehead atoms. The Bertz CT molecular complexity index is 1030. The average Bonchev–Trinajstić information content (AvgIpc) is 2.86. The van der Waals surface area contributed by atoms with Gasteiger partial charge in [0, 0.05) is 17.6 Å². The maximum absolute atomic E-state index is 12.6. The van der Waals surface area contributed by atoms with E-state index >= 15 is 0 Å².